The number of hydrogen-bond acceptors (Lipinski definition) is 6. The van der Waals surface area contributed by atoms with E-state index in [1.165, 1.54) is 21.7 Å². The third kappa shape index (κ3) is 5.47. The standard InChI is InChI=1S/C27H25FN8O2/c28-22-7-21(12-30)8-24(10-22)36-16-23(32-33-36)15-34(27(37)38)13-19-2-1-3-20(6-19)14-35-17-31-25-5-4-18(11-29)9-26(25)35/h4-5,7-10,16-17,19-20H,1-3,6,13-15H2,(H,37,38)/t19?,20-/m0/s1. The largest absolute Gasteiger partial charge is 0.465 e. The third-order valence-corrected chi connectivity index (χ3v) is 7.02. The fourth-order valence-electron chi connectivity index (χ4n) is 5.27. The highest BCUT2D eigenvalue weighted by atomic mass is 19.1. The highest BCUT2D eigenvalue weighted by Crippen LogP contribution is 2.32. The van der Waals surface area contributed by atoms with E-state index in [9.17, 15) is 19.6 Å². The van der Waals surface area contributed by atoms with E-state index in [4.69, 9.17) is 5.26 Å². The van der Waals surface area contributed by atoms with Crippen molar-refractivity contribution in [2.75, 3.05) is 6.54 Å². The highest BCUT2D eigenvalue weighted by Gasteiger charge is 2.27. The lowest BCUT2D eigenvalue weighted by Gasteiger charge is -2.32. The molecular formula is C27H25FN8O2. The molecule has 38 heavy (non-hydrogen) atoms. The number of fused-ring (bicyclic) bond motifs is 1. The van der Waals surface area contributed by atoms with E-state index >= 15 is 0 Å². The van der Waals surface area contributed by atoms with Gasteiger partial charge >= 0.3 is 6.09 Å². The molecule has 5 rings (SSSR count). The molecule has 1 N–H and O–H groups in total. The fraction of sp³-hybridized carbons (Fsp3) is 0.333. The topological polar surface area (TPSA) is 137 Å². The summed E-state index contributed by atoms with van der Waals surface area (Å²) in [5.74, 6) is 0.00536. The highest BCUT2D eigenvalue weighted by molar-refractivity contribution is 5.77. The molecule has 1 amide bonds. The Morgan fingerprint density at radius 3 is 2.74 bits per heavy atom. The molecule has 10 nitrogen and oxygen atoms in total. The molecule has 1 aliphatic carbocycles. The van der Waals surface area contributed by atoms with Crippen molar-refractivity contribution in [3.8, 4) is 17.8 Å². The molecule has 4 aromatic rings. The molecule has 1 fully saturated rings. The van der Waals surface area contributed by atoms with Crippen LogP contribution in [0.4, 0.5) is 9.18 Å². The third-order valence-electron chi connectivity index (χ3n) is 7.02. The van der Waals surface area contributed by atoms with Crippen molar-refractivity contribution in [1.82, 2.24) is 29.4 Å². The molecule has 11 heteroatoms. The van der Waals surface area contributed by atoms with Crippen molar-refractivity contribution < 1.29 is 14.3 Å². The minimum Gasteiger partial charge on any atom is -0.465 e. The monoisotopic (exact) mass is 512 g/mol. The summed E-state index contributed by atoms with van der Waals surface area (Å²) < 4.78 is 17.2. The first-order chi connectivity index (χ1) is 18.4. The Kier molecular flexibility index (Phi) is 7.00. The Labute approximate surface area is 218 Å². The van der Waals surface area contributed by atoms with Crippen LogP contribution in [0.3, 0.4) is 0 Å². The molecule has 2 aromatic heterocycles. The summed E-state index contributed by atoms with van der Waals surface area (Å²) >= 11 is 0. The zero-order valence-corrected chi connectivity index (χ0v) is 20.5. The fourth-order valence-corrected chi connectivity index (χ4v) is 5.27. The van der Waals surface area contributed by atoms with Gasteiger partial charge in [0.25, 0.3) is 0 Å². The number of imidazole rings is 1. The van der Waals surface area contributed by atoms with Gasteiger partial charge in [0.1, 0.15) is 11.5 Å². The van der Waals surface area contributed by atoms with Crippen LogP contribution in [0.2, 0.25) is 0 Å². The first kappa shape index (κ1) is 24.9. The van der Waals surface area contributed by atoms with Gasteiger partial charge in [-0.15, -0.1) is 5.10 Å². The van der Waals surface area contributed by atoms with E-state index < -0.39 is 11.9 Å². The summed E-state index contributed by atoms with van der Waals surface area (Å²) in [4.78, 5) is 17.9. The number of halogens is 1. The number of carbonyl (C=O) groups is 1. The van der Waals surface area contributed by atoms with Crippen molar-refractivity contribution >= 4 is 17.1 Å². The van der Waals surface area contributed by atoms with Gasteiger partial charge in [0.05, 0.1) is 59.1 Å². The molecule has 1 saturated carbocycles. The molecule has 2 atom stereocenters. The number of amides is 1. The predicted octanol–water partition coefficient (Wildman–Crippen LogP) is 4.49. The number of aromatic nitrogens is 5. The lowest BCUT2D eigenvalue weighted by atomic mass is 9.81. The molecule has 192 valence electrons. The number of benzene rings is 2. The Morgan fingerprint density at radius 1 is 1.13 bits per heavy atom. The van der Waals surface area contributed by atoms with Crippen LogP contribution in [-0.4, -0.2) is 47.2 Å². The summed E-state index contributed by atoms with van der Waals surface area (Å²) in [5.41, 5.74) is 3.31. The van der Waals surface area contributed by atoms with E-state index in [0.717, 1.165) is 49.3 Å². The first-order valence-electron chi connectivity index (χ1n) is 12.4. The molecular weight excluding hydrogens is 487 g/mol. The van der Waals surface area contributed by atoms with Gasteiger partial charge in [-0.25, -0.2) is 18.9 Å². The molecule has 0 bridgehead atoms. The number of nitrogens with zero attached hydrogens (tertiary/aromatic N) is 8. The van der Waals surface area contributed by atoms with Gasteiger partial charge in [-0.3, -0.25) is 0 Å². The van der Waals surface area contributed by atoms with Crippen molar-refractivity contribution in [1.29, 1.82) is 10.5 Å². The summed E-state index contributed by atoms with van der Waals surface area (Å²) in [6.07, 6.45) is 6.20. The molecule has 1 aliphatic rings. The van der Waals surface area contributed by atoms with E-state index in [-0.39, 0.29) is 18.0 Å². The average Bonchev–Trinajstić information content (AvgIpc) is 3.55. The second-order valence-corrected chi connectivity index (χ2v) is 9.74. The molecule has 0 saturated heterocycles. The van der Waals surface area contributed by atoms with Gasteiger partial charge in [0.2, 0.25) is 0 Å². The van der Waals surface area contributed by atoms with E-state index in [1.807, 2.05) is 18.2 Å². The molecule has 0 spiro atoms. The zero-order chi connectivity index (χ0) is 26.6. The van der Waals surface area contributed by atoms with Crippen LogP contribution in [0.25, 0.3) is 16.7 Å². The van der Waals surface area contributed by atoms with Crippen LogP contribution in [0.5, 0.6) is 0 Å². The Bertz CT molecular complexity index is 1560. The van der Waals surface area contributed by atoms with Crippen molar-refractivity contribution in [2.24, 2.45) is 11.8 Å². The van der Waals surface area contributed by atoms with E-state index in [1.54, 1.807) is 18.6 Å². The number of carboxylic acid groups (broad SMARTS) is 1. The number of hydrogen-bond donors (Lipinski definition) is 1. The lowest BCUT2D eigenvalue weighted by molar-refractivity contribution is 0.119. The van der Waals surface area contributed by atoms with Crippen LogP contribution in [-0.2, 0) is 13.1 Å². The van der Waals surface area contributed by atoms with Gasteiger partial charge < -0.3 is 14.6 Å². The molecule has 2 aromatic carbocycles. The van der Waals surface area contributed by atoms with Gasteiger partial charge in [-0.05, 0) is 67.5 Å². The quantitative estimate of drug-likeness (QED) is 0.385. The number of nitriles is 2. The molecule has 1 unspecified atom stereocenters. The van der Waals surface area contributed by atoms with Gasteiger partial charge in [0.15, 0.2) is 0 Å². The smallest absolute Gasteiger partial charge is 0.407 e. The first-order valence-corrected chi connectivity index (χ1v) is 12.4. The number of rotatable bonds is 7. The predicted molar refractivity (Wildman–Crippen MR) is 134 cm³/mol. The van der Waals surface area contributed by atoms with Crippen LogP contribution < -0.4 is 0 Å². The Morgan fingerprint density at radius 2 is 1.95 bits per heavy atom. The van der Waals surface area contributed by atoms with Crippen molar-refractivity contribution in [3.63, 3.8) is 0 Å². The average molecular weight is 513 g/mol. The minimum absolute atomic E-state index is 0.0556. The maximum absolute atomic E-state index is 13.8. The van der Waals surface area contributed by atoms with Crippen molar-refractivity contribution in [2.45, 2.75) is 38.8 Å². The van der Waals surface area contributed by atoms with Crippen molar-refractivity contribution in [3.05, 3.63) is 71.6 Å². The van der Waals surface area contributed by atoms with Crippen LogP contribution in [0.15, 0.2) is 48.9 Å². The van der Waals surface area contributed by atoms with E-state index in [2.05, 4.69) is 25.9 Å². The molecule has 0 aliphatic heterocycles. The minimum atomic E-state index is -1.04. The lowest BCUT2D eigenvalue weighted by Crippen LogP contribution is -2.36. The Hall–Kier alpha value is -4.77. The summed E-state index contributed by atoms with van der Waals surface area (Å²) in [5, 5.41) is 36.3. The molecule has 2 heterocycles. The van der Waals surface area contributed by atoms with Gasteiger partial charge in [0, 0.05) is 13.1 Å². The van der Waals surface area contributed by atoms with Gasteiger partial charge in [-0.1, -0.05) is 11.6 Å². The molecule has 0 radical (unpaired) electrons. The summed E-state index contributed by atoms with van der Waals surface area (Å²) in [6.45, 7) is 1.20. The maximum Gasteiger partial charge on any atom is 0.407 e. The Balaban J connectivity index is 1.24. The summed E-state index contributed by atoms with van der Waals surface area (Å²) in [7, 11) is 0. The van der Waals surface area contributed by atoms with Crippen LogP contribution >= 0.6 is 0 Å². The second kappa shape index (κ2) is 10.7. The summed E-state index contributed by atoms with van der Waals surface area (Å²) in [6, 6.07) is 13.4. The van der Waals surface area contributed by atoms with E-state index in [0.29, 0.717) is 29.4 Å². The normalized spacial score (nSPS) is 17.1. The SMILES string of the molecule is N#Cc1cc(F)cc(-n2cc(CN(CC3CCC[C@H](Cn4cnc5ccc(C#N)cc54)C3)C(=O)O)nn2)c1. The zero-order valence-electron chi connectivity index (χ0n) is 20.5. The second-order valence-electron chi connectivity index (χ2n) is 9.74. The van der Waals surface area contributed by atoms with Crippen LogP contribution in [0, 0.1) is 40.3 Å². The van der Waals surface area contributed by atoms with Crippen LogP contribution in [0.1, 0.15) is 42.5 Å². The maximum atomic E-state index is 13.8. The van der Waals surface area contributed by atoms with Gasteiger partial charge in [-0.2, -0.15) is 10.5 Å².